The summed E-state index contributed by atoms with van der Waals surface area (Å²) in [5.74, 6) is 2.39. The van der Waals surface area contributed by atoms with Crippen molar-refractivity contribution in [2.75, 3.05) is 12.4 Å². The first-order valence-electron chi connectivity index (χ1n) is 5.33. The van der Waals surface area contributed by atoms with Crippen molar-refractivity contribution in [1.29, 1.82) is 0 Å². The van der Waals surface area contributed by atoms with Gasteiger partial charge in [-0.25, -0.2) is 9.97 Å². The van der Waals surface area contributed by atoms with E-state index < -0.39 is 0 Å². The van der Waals surface area contributed by atoms with Gasteiger partial charge < -0.3 is 10.1 Å². The van der Waals surface area contributed by atoms with Crippen molar-refractivity contribution in [1.82, 2.24) is 9.97 Å². The Balaban J connectivity index is 2.07. The molecule has 0 spiro atoms. The first-order chi connectivity index (χ1) is 7.20. The molecule has 1 heterocycles. The Bertz CT molecular complexity index is 348. The number of anilines is 1. The van der Waals surface area contributed by atoms with E-state index in [1.165, 1.54) is 19.2 Å². The van der Waals surface area contributed by atoms with E-state index in [1.54, 1.807) is 7.11 Å². The van der Waals surface area contributed by atoms with E-state index in [1.807, 2.05) is 6.92 Å². The Morgan fingerprint density at radius 3 is 2.73 bits per heavy atom. The molecule has 0 aliphatic heterocycles. The summed E-state index contributed by atoms with van der Waals surface area (Å²) in [5.41, 5.74) is 0.986. The molecule has 15 heavy (non-hydrogen) atoms. The zero-order valence-corrected chi connectivity index (χ0v) is 9.45. The van der Waals surface area contributed by atoms with Gasteiger partial charge in [0.25, 0.3) is 0 Å². The molecule has 82 valence electrons. The molecule has 0 amide bonds. The van der Waals surface area contributed by atoms with Crippen LogP contribution >= 0.6 is 0 Å². The predicted molar refractivity (Wildman–Crippen MR) is 59.1 cm³/mol. The van der Waals surface area contributed by atoms with Crippen molar-refractivity contribution in [3.63, 3.8) is 0 Å². The Hall–Kier alpha value is -1.32. The van der Waals surface area contributed by atoms with E-state index in [9.17, 15) is 0 Å². The summed E-state index contributed by atoms with van der Waals surface area (Å²) in [4.78, 5) is 8.28. The van der Waals surface area contributed by atoms with Crippen molar-refractivity contribution < 1.29 is 4.74 Å². The molecule has 1 aliphatic rings. The highest BCUT2D eigenvalue weighted by Crippen LogP contribution is 2.30. The highest BCUT2D eigenvalue weighted by Gasteiger charge is 2.26. The number of aromatic nitrogens is 2. The minimum absolute atomic E-state index is 0.568. The highest BCUT2D eigenvalue weighted by molar-refractivity contribution is 5.48. The predicted octanol–water partition coefficient (Wildman–Crippen LogP) is 2.00. The van der Waals surface area contributed by atoms with Crippen LogP contribution in [0.2, 0.25) is 0 Å². The van der Waals surface area contributed by atoms with Gasteiger partial charge in [0.2, 0.25) is 5.88 Å². The van der Waals surface area contributed by atoms with Crippen LogP contribution in [-0.4, -0.2) is 23.1 Å². The number of nitrogens with one attached hydrogen (secondary N) is 1. The molecular formula is C11H17N3O. The zero-order valence-electron chi connectivity index (χ0n) is 9.45. The molecule has 2 rings (SSSR count). The van der Waals surface area contributed by atoms with Crippen LogP contribution in [0.3, 0.4) is 0 Å². The fraction of sp³-hybridized carbons (Fsp3) is 0.636. The summed E-state index contributed by atoms with van der Waals surface area (Å²) < 4.78 is 5.15. The van der Waals surface area contributed by atoms with Gasteiger partial charge in [-0.15, -0.1) is 0 Å². The average Bonchev–Trinajstić information content (AvgIpc) is 2.18. The van der Waals surface area contributed by atoms with E-state index in [-0.39, 0.29) is 0 Å². The van der Waals surface area contributed by atoms with E-state index in [4.69, 9.17) is 4.74 Å². The van der Waals surface area contributed by atoms with Gasteiger partial charge in [0.15, 0.2) is 0 Å². The molecule has 1 aromatic heterocycles. The summed E-state index contributed by atoms with van der Waals surface area (Å²) >= 11 is 0. The van der Waals surface area contributed by atoms with Crippen molar-refractivity contribution in [3.8, 4) is 5.88 Å². The summed E-state index contributed by atoms with van der Waals surface area (Å²) in [6.07, 6.45) is 3.99. The third-order valence-corrected chi connectivity index (χ3v) is 2.95. The second kappa shape index (κ2) is 4.04. The summed E-state index contributed by atoms with van der Waals surface area (Å²) in [6, 6.07) is 0.568. The van der Waals surface area contributed by atoms with Gasteiger partial charge in [-0.2, -0.15) is 0 Å². The van der Waals surface area contributed by atoms with Crippen LogP contribution in [0.4, 0.5) is 5.82 Å². The number of ether oxygens (including phenoxy) is 1. The maximum absolute atomic E-state index is 5.15. The van der Waals surface area contributed by atoms with Crippen LogP contribution < -0.4 is 10.1 Å². The third-order valence-electron chi connectivity index (χ3n) is 2.95. The lowest BCUT2D eigenvalue weighted by molar-refractivity contribution is 0.308. The minimum Gasteiger partial charge on any atom is -0.481 e. The van der Waals surface area contributed by atoms with Gasteiger partial charge in [-0.05, 0) is 25.7 Å². The van der Waals surface area contributed by atoms with E-state index in [2.05, 4.69) is 22.2 Å². The van der Waals surface area contributed by atoms with Crippen molar-refractivity contribution in [3.05, 3.63) is 11.9 Å². The van der Waals surface area contributed by atoms with Gasteiger partial charge in [-0.3, -0.25) is 0 Å². The van der Waals surface area contributed by atoms with Crippen molar-refractivity contribution in [2.24, 2.45) is 5.92 Å². The molecule has 0 atom stereocenters. The number of nitrogens with zero attached hydrogens (tertiary/aromatic N) is 2. The second-order valence-electron chi connectivity index (χ2n) is 4.27. The number of rotatable bonds is 3. The molecule has 0 unspecified atom stereocenters. The Labute approximate surface area is 90.1 Å². The van der Waals surface area contributed by atoms with Crippen LogP contribution in [0.1, 0.15) is 25.3 Å². The third kappa shape index (κ3) is 2.03. The maximum Gasteiger partial charge on any atom is 0.221 e. The molecular weight excluding hydrogens is 190 g/mol. The molecule has 1 N–H and O–H groups in total. The molecule has 4 heteroatoms. The number of hydrogen-bond donors (Lipinski definition) is 1. The molecule has 1 fully saturated rings. The van der Waals surface area contributed by atoms with Gasteiger partial charge in [0.05, 0.1) is 12.7 Å². The summed E-state index contributed by atoms with van der Waals surface area (Å²) in [6.45, 7) is 4.24. The van der Waals surface area contributed by atoms with Crippen LogP contribution in [0, 0.1) is 12.8 Å². The molecule has 0 saturated heterocycles. The van der Waals surface area contributed by atoms with Crippen LogP contribution in [0.5, 0.6) is 5.88 Å². The lowest BCUT2D eigenvalue weighted by Gasteiger charge is -2.34. The van der Waals surface area contributed by atoms with E-state index in [0.29, 0.717) is 11.9 Å². The number of hydrogen-bond acceptors (Lipinski definition) is 4. The van der Waals surface area contributed by atoms with Gasteiger partial charge in [0, 0.05) is 6.04 Å². The van der Waals surface area contributed by atoms with Crippen molar-refractivity contribution in [2.45, 2.75) is 32.7 Å². The largest absolute Gasteiger partial charge is 0.481 e. The van der Waals surface area contributed by atoms with E-state index in [0.717, 1.165) is 17.3 Å². The summed E-state index contributed by atoms with van der Waals surface area (Å²) in [7, 11) is 1.63. The fourth-order valence-corrected chi connectivity index (χ4v) is 2.00. The fourth-order valence-electron chi connectivity index (χ4n) is 2.00. The minimum atomic E-state index is 0.568. The normalized spacial score (nSPS) is 24.5. The average molecular weight is 207 g/mol. The SMILES string of the molecule is COc1ncnc(NC2CC(C)C2)c1C. The summed E-state index contributed by atoms with van der Waals surface area (Å²) in [5, 5.41) is 3.42. The van der Waals surface area contributed by atoms with Gasteiger partial charge >= 0.3 is 0 Å². The lowest BCUT2D eigenvalue weighted by Crippen LogP contribution is -2.34. The Morgan fingerprint density at radius 2 is 2.13 bits per heavy atom. The molecule has 0 bridgehead atoms. The Kier molecular flexibility index (Phi) is 2.75. The molecule has 1 aromatic rings. The lowest BCUT2D eigenvalue weighted by atomic mass is 9.82. The van der Waals surface area contributed by atoms with Crippen LogP contribution in [0.25, 0.3) is 0 Å². The van der Waals surface area contributed by atoms with Gasteiger partial charge in [0.1, 0.15) is 12.1 Å². The Morgan fingerprint density at radius 1 is 1.40 bits per heavy atom. The standard InChI is InChI=1S/C11H17N3O/c1-7-4-9(5-7)14-10-8(2)11(15-3)13-6-12-10/h6-7,9H,4-5H2,1-3H3,(H,12,13,14). The molecule has 0 aromatic carbocycles. The number of methoxy groups -OCH3 is 1. The topological polar surface area (TPSA) is 47.0 Å². The molecule has 4 nitrogen and oxygen atoms in total. The van der Waals surface area contributed by atoms with E-state index >= 15 is 0 Å². The highest BCUT2D eigenvalue weighted by atomic mass is 16.5. The molecule has 1 saturated carbocycles. The van der Waals surface area contributed by atoms with Gasteiger partial charge in [-0.1, -0.05) is 6.92 Å². The quantitative estimate of drug-likeness (QED) is 0.823. The zero-order chi connectivity index (χ0) is 10.8. The van der Waals surface area contributed by atoms with Crippen molar-refractivity contribution >= 4 is 5.82 Å². The van der Waals surface area contributed by atoms with Crippen LogP contribution in [-0.2, 0) is 0 Å². The smallest absolute Gasteiger partial charge is 0.221 e. The second-order valence-corrected chi connectivity index (χ2v) is 4.27. The first kappa shape index (κ1) is 10.2. The molecule has 1 aliphatic carbocycles. The first-order valence-corrected chi connectivity index (χ1v) is 5.33. The monoisotopic (exact) mass is 207 g/mol. The van der Waals surface area contributed by atoms with Crippen LogP contribution in [0.15, 0.2) is 6.33 Å². The maximum atomic E-state index is 5.15. The molecule has 0 radical (unpaired) electrons.